The molecule has 3 saturated carbocycles. The summed E-state index contributed by atoms with van der Waals surface area (Å²) in [5, 5.41) is 11.9. The van der Waals surface area contributed by atoms with Gasteiger partial charge in [0.05, 0.1) is 6.61 Å². The van der Waals surface area contributed by atoms with E-state index in [9.17, 15) is 19.7 Å². The molecule has 8 heteroatoms. The van der Waals surface area contributed by atoms with Crippen LogP contribution in [0, 0.1) is 50.5 Å². The van der Waals surface area contributed by atoms with Gasteiger partial charge in [0.25, 0.3) is 0 Å². The Kier molecular flexibility index (Phi) is 7.37. The average Bonchev–Trinajstić information content (AvgIpc) is 3.11. The molecule has 0 aromatic carbocycles. The molecule has 8 nitrogen and oxygen atoms in total. The molecule has 4 aliphatic carbocycles. The van der Waals surface area contributed by atoms with Crippen molar-refractivity contribution < 1.29 is 24.0 Å². The number of amides is 1. The third-order valence-electron chi connectivity index (χ3n) is 10.4. The highest BCUT2D eigenvalue weighted by atomic mass is 16.6. The van der Waals surface area contributed by atoms with E-state index in [1.807, 2.05) is 6.92 Å². The summed E-state index contributed by atoms with van der Waals surface area (Å²) in [6, 6.07) is -0.701. The first-order valence-corrected chi connectivity index (χ1v) is 13.6. The van der Waals surface area contributed by atoms with Crippen molar-refractivity contribution in [3.63, 3.8) is 0 Å². The Balaban J connectivity index is 1.66. The van der Waals surface area contributed by atoms with E-state index < -0.39 is 12.1 Å². The van der Waals surface area contributed by atoms with Crippen molar-refractivity contribution in [3.8, 4) is 0 Å². The summed E-state index contributed by atoms with van der Waals surface area (Å²) in [5.74, 6) is 0.804. The van der Waals surface area contributed by atoms with Crippen LogP contribution in [0.5, 0.6) is 0 Å². The summed E-state index contributed by atoms with van der Waals surface area (Å²) in [4.78, 5) is 39.8. The lowest BCUT2D eigenvalue weighted by molar-refractivity contribution is -0.528. The summed E-state index contributed by atoms with van der Waals surface area (Å²) in [7, 11) is 0. The topological polar surface area (TPSA) is 108 Å². The van der Waals surface area contributed by atoms with E-state index in [0.29, 0.717) is 23.5 Å². The summed E-state index contributed by atoms with van der Waals surface area (Å²) in [6.07, 6.45) is 8.23. The monoisotopic (exact) mass is 502 g/mol. The van der Waals surface area contributed by atoms with E-state index in [0.717, 1.165) is 44.9 Å². The zero-order valence-electron chi connectivity index (χ0n) is 22.6. The molecule has 0 spiro atoms. The number of hydrogen-bond acceptors (Lipinski definition) is 6. The maximum Gasteiger partial charge on any atom is 0.433 e. The lowest BCUT2D eigenvalue weighted by Crippen LogP contribution is -2.51. The Bertz CT molecular complexity index is 975. The Labute approximate surface area is 214 Å². The van der Waals surface area contributed by atoms with Crippen molar-refractivity contribution in [2.75, 3.05) is 6.61 Å². The smallest absolute Gasteiger partial charge is 0.433 e. The van der Waals surface area contributed by atoms with Gasteiger partial charge in [-0.3, -0.25) is 14.9 Å². The third-order valence-corrected chi connectivity index (χ3v) is 10.4. The van der Waals surface area contributed by atoms with Crippen molar-refractivity contribution in [1.82, 2.24) is 0 Å². The van der Waals surface area contributed by atoms with Gasteiger partial charge in [0.2, 0.25) is 6.04 Å². The predicted octanol–water partition coefficient (Wildman–Crippen LogP) is 6.01. The van der Waals surface area contributed by atoms with Crippen LogP contribution < -0.4 is 0 Å². The maximum absolute atomic E-state index is 12.2. The zero-order chi connectivity index (χ0) is 26.4. The van der Waals surface area contributed by atoms with E-state index in [1.165, 1.54) is 12.5 Å². The van der Waals surface area contributed by atoms with E-state index in [-0.39, 0.29) is 46.3 Å². The maximum atomic E-state index is 12.2. The number of rotatable bonds is 5. The van der Waals surface area contributed by atoms with E-state index >= 15 is 0 Å². The van der Waals surface area contributed by atoms with Gasteiger partial charge < -0.3 is 9.47 Å². The summed E-state index contributed by atoms with van der Waals surface area (Å²) in [5.41, 5.74) is 2.04. The third kappa shape index (κ3) is 4.49. The van der Waals surface area contributed by atoms with Crippen LogP contribution in [0.2, 0.25) is 0 Å². The van der Waals surface area contributed by atoms with Gasteiger partial charge in [-0.2, -0.15) is 4.99 Å². The molecule has 9 atom stereocenters. The van der Waals surface area contributed by atoms with Crippen LogP contribution >= 0.6 is 0 Å². The molecule has 3 fully saturated rings. The number of ether oxygens (including phenoxy) is 2. The summed E-state index contributed by atoms with van der Waals surface area (Å²) in [6.45, 7) is 11.7. The molecule has 0 saturated heterocycles. The zero-order valence-corrected chi connectivity index (χ0v) is 22.6. The lowest BCUT2D eigenvalue weighted by Gasteiger charge is -2.58. The highest BCUT2D eigenvalue weighted by molar-refractivity contribution is 5.94. The summed E-state index contributed by atoms with van der Waals surface area (Å²) >= 11 is 0. The number of fused-ring (bicyclic) bond motifs is 5. The van der Waals surface area contributed by atoms with Crippen molar-refractivity contribution in [2.45, 2.75) is 98.6 Å². The largest absolute Gasteiger partial charge is 0.462 e. The van der Waals surface area contributed by atoms with E-state index in [4.69, 9.17) is 9.47 Å². The number of esters is 1. The minimum atomic E-state index is -0.701. The van der Waals surface area contributed by atoms with Gasteiger partial charge in [0.15, 0.2) is 0 Å². The normalized spacial score (nSPS) is 40.7. The van der Waals surface area contributed by atoms with Crippen LogP contribution in [0.25, 0.3) is 0 Å². The predicted molar refractivity (Wildman–Crippen MR) is 136 cm³/mol. The quantitative estimate of drug-likeness (QED) is 0.150. The molecular weight excluding hydrogens is 460 g/mol. The Morgan fingerprint density at radius 2 is 1.94 bits per heavy atom. The number of carbonyl (C=O) groups excluding carboxylic acids is 2. The number of allylic oxidation sites excluding steroid dienone is 1. The van der Waals surface area contributed by atoms with Crippen molar-refractivity contribution in [2.24, 2.45) is 45.4 Å². The van der Waals surface area contributed by atoms with Gasteiger partial charge in [-0.15, -0.1) is 0 Å². The number of hydrogen-bond donors (Lipinski definition) is 0. The van der Waals surface area contributed by atoms with Gasteiger partial charge in [-0.1, -0.05) is 25.5 Å². The Morgan fingerprint density at radius 3 is 2.58 bits per heavy atom. The second-order valence-electron chi connectivity index (χ2n) is 12.1. The molecule has 4 aliphatic rings. The first-order chi connectivity index (χ1) is 16.9. The molecule has 36 heavy (non-hydrogen) atoms. The molecule has 4 rings (SSSR count). The number of aliphatic imine (C=N–C) groups is 1. The van der Waals surface area contributed by atoms with Crippen LogP contribution in [0.4, 0.5) is 4.79 Å². The first kappa shape index (κ1) is 26.8. The number of carbonyl (C=O) groups is 2. The highest BCUT2D eigenvalue weighted by Crippen LogP contribution is 2.68. The number of nitrogens with zero attached hydrogens (tertiary/aromatic N) is 2. The molecule has 0 aliphatic heterocycles. The second kappa shape index (κ2) is 9.90. The molecule has 0 bridgehead atoms. The van der Waals surface area contributed by atoms with E-state index in [2.05, 4.69) is 24.9 Å². The van der Waals surface area contributed by atoms with Gasteiger partial charge in [0, 0.05) is 42.7 Å². The fourth-order valence-electron chi connectivity index (χ4n) is 8.85. The second-order valence-corrected chi connectivity index (χ2v) is 12.1. The van der Waals surface area contributed by atoms with Gasteiger partial charge in [0.1, 0.15) is 6.10 Å². The van der Waals surface area contributed by atoms with Gasteiger partial charge >= 0.3 is 12.1 Å². The van der Waals surface area contributed by atoms with Crippen LogP contribution in [-0.4, -0.2) is 41.5 Å². The molecule has 1 amide bonds. The van der Waals surface area contributed by atoms with Gasteiger partial charge in [-0.25, -0.2) is 4.79 Å². The van der Waals surface area contributed by atoms with Crippen molar-refractivity contribution in [3.05, 3.63) is 21.8 Å². The first-order valence-electron chi connectivity index (χ1n) is 13.6. The molecule has 0 aromatic heterocycles. The molecule has 0 aromatic rings. The van der Waals surface area contributed by atoms with Crippen LogP contribution in [0.1, 0.15) is 86.5 Å². The average molecular weight is 503 g/mol. The number of nitro groups is 1. The molecule has 0 radical (unpaired) electrons. The standard InChI is InChI=1S/C28H42N2O6/c1-7-35-26(32)29-16(2)25-22(17(3)30(33)34)15-24-21-9-8-19-14-20(36-18(4)31)10-12-27(19,5)23(21)11-13-28(24,25)6/h8,17,20-25H,7,9-15H2,1-6H3/t17?,20-,21?,22-,23?,24?,25-,27+,28+/m1/s1. The molecular formula is C28H42N2O6. The Morgan fingerprint density at radius 1 is 1.22 bits per heavy atom. The van der Waals surface area contributed by atoms with Crippen LogP contribution in [-0.2, 0) is 14.3 Å². The van der Waals surface area contributed by atoms with Crippen LogP contribution in [0.15, 0.2) is 16.6 Å². The van der Waals surface area contributed by atoms with Crippen LogP contribution in [0.3, 0.4) is 0 Å². The van der Waals surface area contributed by atoms with E-state index in [1.54, 1.807) is 13.8 Å². The Hall–Kier alpha value is -2.25. The summed E-state index contributed by atoms with van der Waals surface area (Å²) < 4.78 is 10.6. The molecule has 0 heterocycles. The fraction of sp³-hybridized carbons (Fsp3) is 0.821. The van der Waals surface area contributed by atoms with Crippen molar-refractivity contribution >= 4 is 17.8 Å². The SMILES string of the molecule is CCOC(=O)N=C(C)[C@@H]1[C@@H](C(C)[N+](=O)[O-])CC2C3CC=C4C[C@H](OC(C)=O)CC[C@]4(C)C3CC[C@@]21C. The minimum absolute atomic E-state index is 0.0323. The van der Waals surface area contributed by atoms with Gasteiger partial charge in [-0.05, 0) is 81.0 Å². The fourth-order valence-corrected chi connectivity index (χ4v) is 8.85. The lowest BCUT2D eigenvalue weighted by atomic mass is 9.47. The molecule has 4 unspecified atom stereocenters. The molecule has 200 valence electrons. The molecule has 0 N–H and O–H groups in total. The minimum Gasteiger partial charge on any atom is -0.462 e. The van der Waals surface area contributed by atoms with Crippen molar-refractivity contribution in [1.29, 1.82) is 0 Å². The highest BCUT2D eigenvalue weighted by Gasteiger charge is 2.63.